The lowest BCUT2D eigenvalue weighted by atomic mass is 9.44. The number of aliphatic hydroxyl groups excluding tert-OH is 1. The van der Waals surface area contributed by atoms with Crippen LogP contribution < -0.4 is 10.6 Å². The number of ketones is 1. The Labute approximate surface area is 432 Å². The standard InChI is InChI=1S/C55H62N2O18/c1-30-36(72-51(68)44(64)43(33-17-10-7-11-18-33)57-49(66)34-19-12-8-13-20-34)28-55(69)48(74-50(67)35-21-14-9-15-22-35)46-53(6,47(65)45(71-31(2)58)42(30)52(55,4)5)37(27-38-54(46,29-70-38)75-32(3)59)73-41(63)25-24-39(60)56-26-16-23-40(61)62/h7-15,17-22,36-38,43-46,48,64,69H,16,23-29H2,1-6H3,(H,56,60)(H,57,66)(H,61,62)/t36-,37-,38+,43-,44+,45+,46?,48-,53+,54-,55+/m0/s1. The molecule has 11 atom stereocenters. The molecule has 0 spiro atoms. The first-order valence-corrected chi connectivity index (χ1v) is 24.7. The number of Topliss-reactive ketones (excluding diaryl/α,β-unsaturated/α-hetero) is 1. The van der Waals surface area contributed by atoms with Crippen molar-refractivity contribution in [2.45, 2.75) is 134 Å². The third-order valence-corrected chi connectivity index (χ3v) is 15.2. The molecule has 2 amide bonds. The third-order valence-electron chi connectivity index (χ3n) is 15.2. The zero-order valence-corrected chi connectivity index (χ0v) is 42.4. The fourth-order valence-electron chi connectivity index (χ4n) is 11.3. The molecule has 400 valence electrons. The van der Waals surface area contributed by atoms with Crippen LogP contribution in [0.5, 0.6) is 0 Å². The SMILES string of the molecule is CC(=O)O[C@H]1C(=O)[C@@]2(C)C([C@H](OC(=O)c3ccccc3)[C@]3(O)C[C@H](OC(=O)[C@H](O)[C@@H](NC(=O)c4ccccc4)c4ccccc4)C(C)=C1C3(C)C)[C@]1(OC(C)=O)CO[C@@H]1C[C@@H]2OC(=O)CCC(=O)NCCCC(=O)O. The third kappa shape index (κ3) is 11.0. The Morgan fingerprint density at radius 2 is 1.40 bits per heavy atom. The van der Waals surface area contributed by atoms with E-state index in [0.717, 1.165) is 13.8 Å². The average Bonchev–Trinajstić information content (AvgIpc) is 3.37. The fraction of sp³-hybridized carbons (Fsp3) is 0.473. The van der Waals surface area contributed by atoms with Crippen LogP contribution in [0.15, 0.2) is 102 Å². The van der Waals surface area contributed by atoms with E-state index < -0.39 is 150 Å². The fourth-order valence-corrected chi connectivity index (χ4v) is 11.3. The topological polar surface area (TPSA) is 294 Å². The molecule has 1 unspecified atom stereocenters. The molecule has 7 rings (SSSR count). The van der Waals surface area contributed by atoms with Crippen molar-refractivity contribution >= 4 is 53.4 Å². The van der Waals surface area contributed by atoms with Crippen LogP contribution in [0.4, 0.5) is 0 Å². The lowest BCUT2D eigenvalue weighted by molar-refractivity contribution is -0.346. The van der Waals surface area contributed by atoms with Crippen LogP contribution in [0.25, 0.3) is 0 Å². The largest absolute Gasteiger partial charge is 0.481 e. The van der Waals surface area contributed by atoms with Gasteiger partial charge in [-0.05, 0) is 61.2 Å². The molecule has 20 heteroatoms. The second kappa shape index (κ2) is 22.3. The highest BCUT2D eigenvalue weighted by molar-refractivity contribution is 5.97. The second-order valence-electron chi connectivity index (χ2n) is 20.2. The number of fused-ring (bicyclic) bond motifs is 5. The molecule has 2 saturated carbocycles. The second-order valence-corrected chi connectivity index (χ2v) is 20.2. The zero-order chi connectivity index (χ0) is 54.6. The number of aliphatic hydroxyl groups is 2. The highest BCUT2D eigenvalue weighted by atomic mass is 16.6. The number of hydrogen-bond acceptors (Lipinski definition) is 17. The van der Waals surface area contributed by atoms with Gasteiger partial charge >= 0.3 is 35.8 Å². The van der Waals surface area contributed by atoms with E-state index in [1.54, 1.807) is 78.9 Å². The van der Waals surface area contributed by atoms with Crippen molar-refractivity contribution in [2.75, 3.05) is 13.2 Å². The minimum Gasteiger partial charge on any atom is -0.481 e. The van der Waals surface area contributed by atoms with E-state index in [-0.39, 0.29) is 48.1 Å². The number of benzene rings is 3. The van der Waals surface area contributed by atoms with Gasteiger partial charge in [0.25, 0.3) is 5.91 Å². The first kappa shape index (κ1) is 55.5. The number of carbonyl (C=O) groups is 9. The van der Waals surface area contributed by atoms with Gasteiger partial charge in [0, 0.05) is 57.1 Å². The van der Waals surface area contributed by atoms with Gasteiger partial charge in [-0.15, -0.1) is 0 Å². The molecule has 3 aromatic rings. The number of carbonyl (C=O) groups excluding carboxylic acids is 8. The van der Waals surface area contributed by atoms with E-state index in [0.29, 0.717) is 5.56 Å². The smallest absolute Gasteiger partial charge is 0.338 e. The highest BCUT2D eigenvalue weighted by Gasteiger charge is 2.79. The van der Waals surface area contributed by atoms with Gasteiger partial charge in [0.2, 0.25) is 5.91 Å². The molecule has 5 N–H and O–H groups in total. The quantitative estimate of drug-likeness (QED) is 0.0520. The van der Waals surface area contributed by atoms with Crippen molar-refractivity contribution < 1.29 is 86.9 Å². The summed E-state index contributed by atoms with van der Waals surface area (Å²) in [7, 11) is 0. The summed E-state index contributed by atoms with van der Waals surface area (Å²) in [5.74, 6) is -10.1. The predicted octanol–water partition coefficient (Wildman–Crippen LogP) is 4.05. The van der Waals surface area contributed by atoms with Crippen molar-refractivity contribution in [3.8, 4) is 0 Å². The van der Waals surface area contributed by atoms with E-state index in [9.17, 15) is 48.6 Å². The molecule has 3 aromatic carbocycles. The minimum absolute atomic E-state index is 0.00638. The maximum atomic E-state index is 16.2. The van der Waals surface area contributed by atoms with Crippen LogP contribution in [0, 0.1) is 16.7 Å². The maximum absolute atomic E-state index is 16.2. The number of ether oxygens (including phenoxy) is 6. The van der Waals surface area contributed by atoms with E-state index in [2.05, 4.69) is 10.6 Å². The Hall–Kier alpha value is -7.29. The van der Waals surface area contributed by atoms with Crippen molar-refractivity contribution in [1.29, 1.82) is 0 Å². The molecule has 4 aliphatic rings. The number of nitrogens with one attached hydrogen (secondary N) is 2. The maximum Gasteiger partial charge on any atom is 0.338 e. The summed E-state index contributed by atoms with van der Waals surface area (Å²) in [6.45, 7) is 7.60. The normalized spacial score (nSPS) is 28.1. The minimum atomic E-state index is -2.54. The molecule has 1 aliphatic heterocycles. The van der Waals surface area contributed by atoms with E-state index in [4.69, 9.17) is 33.5 Å². The Kier molecular flexibility index (Phi) is 16.5. The van der Waals surface area contributed by atoms with Gasteiger partial charge in [0.15, 0.2) is 23.6 Å². The van der Waals surface area contributed by atoms with Crippen LogP contribution >= 0.6 is 0 Å². The summed E-state index contributed by atoms with van der Waals surface area (Å²) in [5, 5.41) is 40.2. The molecule has 3 fully saturated rings. The molecular weight excluding hydrogens is 977 g/mol. The number of carboxylic acid groups (broad SMARTS) is 1. The van der Waals surface area contributed by atoms with Gasteiger partial charge in [0.05, 0.1) is 36.0 Å². The Morgan fingerprint density at radius 1 is 0.787 bits per heavy atom. The molecule has 0 aromatic heterocycles. The molecule has 75 heavy (non-hydrogen) atoms. The zero-order valence-electron chi connectivity index (χ0n) is 42.4. The molecule has 1 heterocycles. The monoisotopic (exact) mass is 1040 g/mol. The van der Waals surface area contributed by atoms with Crippen molar-refractivity contribution in [3.63, 3.8) is 0 Å². The van der Waals surface area contributed by atoms with Gasteiger partial charge in [-0.3, -0.25) is 33.6 Å². The number of carboxylic acids is 1. The van der Waals surface area contributed by atoms with E-state index >= 15 is 4.79 Å². The summed E-state index contributed by atoms with van der Waals surface area (Å²) < 4.78 is 37.0. The number of esters is 5. The average molecular weight is 1040 g/mol. The van der Waals surface area contributed by atoms with Crippen molar-refractivity contribution in [2.24, 2.45) is 16.7 Å². The lowest BCUT2D eigenvalue weighted by Gasteiger charge is -2.67. The van der Waals surface area contributed by atoms with E-state index in [1.807, 2.05) is 0 Å². The Balaban J connectivity index is 1.36. The summed E-state index contributed by atoms with van der Waals surface area (Å²) >= 11 is 0. The van der Waals surface area contributed by atoms with Gasteiger partial charge in [-0.25, -0.2) is 9.59 Å². The lowest BCUT2D eigenvalue weighted by Crippen LogP contribution is -2.82. The summed E-state index contributed by atoms with van der Waals surface area (Å²) in [5.41, 5.74) is -7.98. The van der Waals surface area contributed by atoms with Gasteiger partial charge < -0.3 is 54.4 Å². The first-order valence-electron chi connectivity index (χ1n) is 24.7. The van der Waals surface area contributed by atoms with Gasteiger partial charge in [-0.1, -0.05) is 80.6 Å². The molecule has 20 nitrogen and oxygen atoms in total. The van der Waals surface area contributed by atoms with E-state index in [1.165, 1.54) is 39.8 Å². The molecular formula is C55H62N2O18. The molecule has 0 radical (unpaired) electrons. The first-order chi connectivity index (χ1) is 35.5. The number of amides is 2. The van der Waals surface area contributed by atoms with Crippen LogP contribution in [0.1, 0.15) is 112 Å². The number of hydrogen-bond donors (Lipinski definition) is 5. The van der Waals surface area contributed by atoms with Gasteiger partial charge in [-0.2, -0.15) is 0 Å². The Morgan fingerprint density at radius 3 is 1.97 bits per heavy atom. The van der Waals surface area contributed by atoms with Crippen LogP contribution in [-0.4, -0.2) is 130 Å². The van der Waals surface area contributed by atoms with Gasteiger partial charge in [0.1, 0.15) is 30.0 Å². The Bertz CT molecular complexity index is 2730. The predicted molar refractivity (Wildman–Crippen MR) is 261 cm³/mol. The number of aliphatic carboxylic acids is 1. The summed E-state index contributed by atoms with van der Waals surface area (Å²) in [6, 6.07) is 22.4. The van der Waals surface area contributed by atoms with Crippen LogP contribution in [-0.2, 0) is 62.0 Å². The van der Waals surface area contributed by atoms with Crippen molar-refractivity contribution in [1.82, 2.24) is 10.6 Å². The molecule has 2 bridgehead atoms. The molecule has 1 saturated heterocycles. The summed E-state index contributed by atoms with van der Waals surface area (Å²) in [4.78, 5) is 123. The van der Waals surface area contributed by atoms with Crippen LogP contribution in [0.3, 0.4) is 0 Å². The van der Waals surface area contributed by atoms with Crippen LogP contribution in [0.2, 0.25) is 0 Å². The summed E-state index contributed by atoms with van der Waals surface area (Å²) in [6.07, 6.45) is -12.4. The van der Waals surface area contributed by atoms with Crippen molar-refractivity contribution in [3.05, 3.63) is 119 Å². The highest BCUT2D eigenvalue weighted by Crippen LogP contribution is 2.65. The number of rotatable bonds is 18. The molecule has 3 aliphatic carbocycles.